The lowest BCUT2D eigenvalue weighted by Gasteiger charge is -2.32. The SMILES string of the molecule is CC(=O)N1CCCc2cc(S(=O)(=O)N3CCC[C@@H](C(=O)NC[C@H](C)c4ccccc4)C3)ccc21. The van der Waals surface area contributed by atoms with Crippen LogP contribution in [0.4, 0.5) is 5.69 Å². The molecule has 0 aromatic heterocycles. The van der Waals surface area contributed by atoms with Gasteiger partial charge in [0.1, 0.15) is 0 Å². The van der Waals surface area contributed by atoms with Crippen molar-refractivity contribution < 1.29 is 18.0 Å². The third-order valence-electron chi connectivity index (χ3n) is 6.89. The molecular formula is C26H33N3O4S. The smallest absolute Gasteiger partial charge is 0.243 e. The number of carbonyl (C=O) groups excluding carboxylic acids is 2. The summed E-state index contributed by atoms with van der Waals surface area (Å²) in [6, 6.07) is 15.0. The van der Waals surface area contributed by atoms with E-state index < -0.39 is 10.0 Å². The van der Waals surface area contributed by atoms with Crippen molar-refractivity contribution in [2.24, 2.45) is 5.92 Å². The number of hydrogen-bond acceptors (Lipinski definition) is 4. The van der Waals surface area contributed by atoms with Crippen LogP contribution in [0.25, 0.3) is 0 Å². The topological polar surface area (TPSA) is 86.8 Å². The van der Waals surface area contributed by atoms with Gasteiger partial charge in [0.25, 0.3) is 0 Å². The van der Waals surface area contributed by atoms with Gasteiger partial charge < -0.3 is 10.2 Å². The fraction of sp³-hybridized carbons (Fsp3) is 0.462. The third-order valence-corrected chi connectivity index (χ3v) is 8.75. The Morgan fingerprint density at radius 3 is 2.59 bits per heavy atom. The minimum Gasteiger partial charge on any atom is -0.355 e. The molecule has 0 radical (unpaired) electrons. The number of sulfonamides is 1. The van der Waals surface area contributed by atoms with E-state index in [2.05, 4.69) is 12.2 Å². The first-order chi connectivity index (χ1) is 16.3. The van der Waals surface area contributed by atoms with Gasteiger partial charge in [0.05, 0.1) is 10.8 Å². The predicted octanol–water partition coefficient (Wildman–Crippen LogP) is 3.31. The number of piperidine rings is 1. The Bertz CT molecular complexity index is 1150. The second-order valence-electron chi connectivity index (χ2n) is 9.32. The Morgan fingerprint density at radius 1 is 1.09 bits per heavy atom. The van der Waals surface area contributed by atoms with E-state index in [4.69, 9.17) is 0 Å². The molecule has 0 aliphatic carbocycles. The molecule has 1 saturated heterocycles. The van der Waals surface area contributed by atoms with E-state index in [1.54, 1.807) is 23.1 Å². The van der Waals surface area contributed by atoms with E-state index in [0.29, 0.717) is 32.5 Å². The van der Waals surface area contributed by atoms with E-state index in [0.717, 1.165) is 29.7 Å². The highest BCUT2D eigenvalue weighted by molar-refractivity contribution is 7.89. The van der Waals surface area contributed by atoms with Crippen molar-refractivity contribution in [2.75, 3.05) is 31.1 Å². The lowest BCUT2D eigenvalue weighted by atomic mass is 9.97. The number of amides is 2. The average molecular weight is 484 g/mol. The normalized spacial score (nSPS) is 19.8. The number of carbonyl (C=O) groups is 2. The maximum Gasteiger partial charge on any atom is 0.243 e. The first-order valence-corrected chi connectivity index (χ1v) is 13.4. The number of benzene rings is 2. The zero-order chi connectivity index (χ0) is 24.3. The van der Waals surface area contributed by atoms with E-state index in [9.17, 15) is 18.0 Å². The van der Waals surface area contributed by atoms with Crippen molar-refractivity contribution >= 4 is 27.5 Å². The molecule has 1 fully saturated rings. The number of nitrogens with zero attached hydrogens (tertiary/aromatic N) is 2. The Hall–Kier alpha value is -2.71. The molecule has 8 heteroatoms. The summed E-state index contributed by atoms with van der Waals surface area (Å²) in [5.74, 6) is -0.316. The van der Waals surface area contributed by atoms with Crippen molar-refractivity contribution in [1.82, 2.24) is 9.62 Å². The number of anilines is 1. The molecule has 1 N–H and O–H groups in total. The minimum absolute atomic E-state index is 0.0389. The lowest BCUT2D eigenvalue weighted by molar-refractivity contribution is -0.126. The van der Waals surface area contributed by atoms with Gasteiger partial charge in [-0.2, -0.15) is 4.31 Å². The molecule has 0 unspecified atom stereocenters. The monoisotopic (exact) mass is 483 g/mol. The van der Waals surface area contributed by atoms with Crippen LogP contribution in [0.2, 0.25) is 0 Å². The first kappa shape index (κ1) is 24.4. The van der Waals surface area contributed by atoms with Crippen LogP contribution in [-0.4, -0.2) is 50.7 Å². The Morgan fingerprint density at radius 2 is 1.85 bits per heavy atom. The standard InChI is InChI=1S/C26H33N3O4S/c1-19(21-8-4-3-5-9-21)17-27-26(31)23-11-6-14-28(18-23)34(32,33)24-12-13-25-22(16-24)10-7-15-29(25)20(2)30/h3-5,8-9,12-13,16,19,23H,6-7,10-11,14-15,17-18H2,1-2H3,(H,27,31)/t19-,23+/m0/s1. The zero-order valence-electron chi connectivity index (χ0n) is 19.9. The van der Waals surface area contributed by atoms with Gasteiger partial charge in [0, 0.05) is 38.8 Å². The second kappa shape index (κ2) is 10.3. The van der Waals surface area contributed by atoms with Crippen LogP contribution in [0.1, 0.15) is 50.2 Å². The zero-order valence-corrected chi connectivity index (χ0v) is 20.7. The van der Waals surface area contributed by atoms with Crippen LogP contribution in [-0.2, 0) is 26.0 Å². The number of nitrogens with one attached hydrogen (secondary N) is 1. The van der Waals surface area contributed by atoms with Crippen LogP contribution < -0.4 is 10.2 Å². The molecule has 7 nitrogen and oxygen atoms in total. The summed E-state index contributed by atoms with van der Waals surface area (Å²) in [6.07, 6.45) is 2.88. The molecule has 2 atom stereocenters. The fourth-order valence-electron chi connectivity index (χ4n) is 4.88. The summed E-state index contributed by atoms with van der Waals surface area (Å²) in [4.78, 5) is 26.7. The Balaban J connectivity index is 1.43. The van der Waals surface area contributed by atoms with Crippen molar-refractivity contribution in [1.29, 1.82) is 0 Å². The van der Waals surface area contributed by atoms with Crippen LogP contribution in [0.15, 0.2) is 53.4 Å². The van der Waals surface area contributed by atoms with Gasteiger partial charge in [-0.25, -0.2) is 8.42 Å². The fourth-order valence-corrected chi connectivity index (χ4v) is 6.46. The van der Waals surface area contributed by atoms with E-state index in [-0.39, 0.29) is 35.1 Å². The number of aryl methyl sites for hydroxylation is 1. The Labute approximate surface area is 202 Å². The summed E-state index contributed by atoms with van der Waals surface area (Å²) in [6.45, 7) is 5.35. The summed E-state index contributed by atoms with van der Waals surface area (Å²) >= 11 is 0. The maximum atomic E-state index is 13.4. The molecule has 4 rings (SSSR count). The highest BCUT2D eigenvalue weighted by atomic mass is 32.2. The van der Waals surface area contributed by atoms with Gasteiger partial charge in [-0.05, 0) is 60.9 Å². The molecule has 34 heavy (non-hydrogen) atoms. The van der Waals surface area contributed by atoms with Gasteiger partial charge in [-0.1, -0.05) is 37.3 Å². The molecular weight excluding hydrogens is 450 g/mol. The van der Waals surface area contributed by atoms with Crippen molar-refractivity contribution in [3.63, 3.8) is 0 Å². The van der Waals surface area contributed by atoms with Crippen LogP contribution in [0, 0.1) is 5.92 Å². The second-order valence-corrected chi connectivity index (χ2v) is 11.3. The lowest BCUT2D eigenvalue weighted by Crippen LogP contribution is -2.46. The summed E-state index contributed by atoms with van der Waals surface area (Å²) in [5, 5.41) is 3.02. The summed E-state index contributed by atoms with van der Waals surface area (Å²) < 4.78 is 28.3. The van der Waals surface area contributed by atoms with Gasteiger partial charge in [0.2, 0.25) is 21.8 Å². The largest absolute Gasteiger partial charge is 0.355 e. The quantitative estimate of drug-likeness (QED) is 0.683. The highest BCUT2D eigenvalue weighted by Gasteiger charge is 2.34. The molecule has 2 aliphatic rings. The molecule has 182 valence electrons. The minimum atomic E-state index is -3.72. The number of hydrogen-bond donors (Lipinski definition) is 1. The van der Waals surface area contributed by atoms with Gasteiger partial charge in [-0.15, -0.1) is 0 Å². The summed E-state index contributed by atoms with van der Waals surface area (Å²) in [7, 11) is -3.72. The molecule has 2 heterocycles. The molecule has 0 saturated carbocycles. The maximum absolute atomic E-state index is 13.4. The average Bonchev–Trinajstić information content (AvgIpc) is 2.86. The first-order valence-electron chi connectivity index (χ1n) is 12.0. The molecule has 0 bridgehead atoms. The number of rotatable bonds is 6. The third kappa shape index (κ3) is 5.18. The molecule has 2 aromatic rings. The molecule has 2 amide bonds. The van der Waals surface area contributed by atoms with Gasteiger partial charge >= 0.3 is 0 Å². The van der Waals surface area contributed by atoms with Gasteiger partial charge in [0.15, 0.2) is 0 Å². The van der Waals surface area contributed by atoms with Crippen molar-refractivity contribution in [2.45, 2.75) is 50.3 Å². The molecule has 2 aromatic carbocycles. The van der Waals surface area contributed by atoms with E-state index in [1.165, 1.54) is 11.2 Å². The van der Waals surface area contributed by atoms with Crippen molar-refractivity contribution in [3.05, 3.63) is 59.7 Å². The van der Waals surface area contributed by atoms with E-state index >= 15 is 0 Å². The van der Waals surface area contributed by atoms with Gasteiger partial charge in [-0.3, -0.25) is 9.59 Å². The van der Waals surface area contributed by atoms with E-state index in [1.807, 2.05) is 30.3 Å². The summed E-state index contributed by atoms with van der Waals surface area (Å²) in [5.41, 5.74) is 2.83. The van der Waals surface area contributed by atoms with Crippen molar-refractivity contribution in [3.8, 4) is 0 Å². The van der Waals surface area contributed by atoms with Crippen LogP contribution in [0.3, 0.4) is 0 Å². The predicted molar refractivity (Wildman–Crippen MR) is 132 cm³/mol. The number of fused-ring (bicyclic) bond motifs is 1. The highest BCUT2D eigenvalue weighted by Crippen LogP contribution is 2.31. The van der Waals surface area contributed by atoms with Crippen LogP contribution in [0.5, 0.6) is 0 Å². The molecule has 0 spiro atoms. The Kier molecular flexibility index (Phi) is 7.38. The molecule has 2 aliphatic heterocycles. The van der Waals surface area contributed by atoms with Crippen LogP contribution >= 0.6 is 0 Å².